The number of nitrogens with one attached hydrogen (secondary N) is 1. The lowest BCUT2D eigenvalue weighted by atomic mass is 10.1. The van der Waals surface area contributed by atoms with Gasteiger partial charge >= 0.3 is 5.97 Å². The van der Waals surface area contributed by atoms with Crippen LogP contribution in [0.3, 0.4) is 0 Å². The number of aryl methyl sites for hydroxylation is 1. The molecule has 1 aliphatic rings. The van der Waals surface area contributed by atoms with E-state index in [1.54, 1.807) is 11.8 Å². The molecule has 0 aromatic carbocycles. The Morgan fingerprint density at radius 2 is 2.33 bits per heavy atom. The summed E-state index contributed by atoms with van der Waals surface area (Å²) >= 11 is 3.14. The van der Waals surface area contributed by atoms with Gasteiger partial charge in [0.25, 0.3) is 0 Å². The molecular formula is C14H20N2O3S2. The zero-order valence-corrected chi connectivity index (χ0v) is 13.9. The number of thiazole rings is 1. The maximum atomic E-state index is 12.3. The molecule has 5 nitrogen and oxygen atoms in total. The van der Waals surface area contributed by atoms with E-state index in [1.807, 2.05) is 12.3 Å². The van der Waals surface area contributed by atoms with Gasteiger partial charge in [-0.1, -0.05) is 0 Å². The Kier molecular flexibility index (Phi) is 5.64. The van der Waals surface area contributed by atoms with E-state index < -0.39 is 0 Å². The number of esters is 1. The first kappa shape index (κ1) is 16.3. The van der Waals surface area contributed by atoms with Crippen LogP contribution in [0.1, 0.15) is 38.3 Å². The lowest BCUT2D eigenvalue weighted by molar-refractivity contribution is -0.140. The molecule has 1 amide bonds. The van der Waals surface area contributed by atoms with E-state index in [0.29, 0.717) is 24.4 Å². The van der Waals surface area contributed by atoms with Gasteiger partial charge in [0.1, 0.15) is 0 Å². The number of nitrogens with zero attached hydrogens (tertiary/aromatic N) is 1. The number of carbonyl (C=O) groups is 2. The molecule has 0 saturated carbocycles. The fourth-order valence-corrected chi connectivity index (χ4v) is 4.13. The summed E-state index contributed by atoms with van der Waals surface area (Å²) < 4.78 is 4.28. The summed E-state index contributed by atoms with van der Waals surface area (Å²) in [6.45, 7) is 1.99. The number of thioether (sulfide) groups is 1. The fraction of sp³-hybridized carbons (Fsp3) is 0.643. The molecule has 0 bridgehead atoms. The Bertz CT molecular complexity index is 510. The second kappa shape index (κ2) is 7.26. The van der Waals surface area contributed by atoms with Crippen molar-refractivity contribution >= 4 is 40.1 Å². The summed E-state index contributed by atoms with van der Waals surface area (Å²) in [5.74, 6) is 0.881. The lowest BCUT2D eigenvalue weighted by Crippen LogP contribution is -2.34. The fourth-order valence-electron chi connectivity index (χ4n) is 2.18. The van der Waals surface area contributed by atoms with Crippen molar-refractivity contribution in [2.75, 3.05) is 18.2 Å². The van der Waals surface area contributed by atoms with Crippen LogP contribution >= 0.6 is 23.1 Å². The maximum Gasteiger partial charge on any atom is 0.305 e. The van der Waals surface area contributed by atoms with Crippen LogP contribution in [0.5, 0.6) is 0 Å². The smallest absolute Gasteiger partial charge is 0.305 e. The second-order valence-electron chi connectivity index (χ2n) is 5.21. The van der Waals surface area contributed by atoms with Gasteiger partial charge in [0.05, 0.1) is 17.6 Å². The van der Waals surface area contributed by atoms with E-state index in [1.165, 1.54) is 18.4 Å². The molecule has 116 valence electrons. The molecule has 1 atom stereocenters. The molecule has 2 heterocycles. The van der Waals surface area contributed by atoms with Crippen molar-refractivity contribution in [1.29, 1.82) is 0 Å². The van der Waals surface area contributed by atoms with Crippen LogP contribution in [0.2, 0.25) is 0 Å². The summed E-state index contributed by atoms with van der Waals surface area (Å²) in [4.78, 5) is 27.7. The maximum absolute atomic E-state index is 12.3. The van der Waals surface area contributed by atoms with Gasteiger partial charge in [-0.3, -0.25) is 9.59 Å². The van der Waals surface area contributed by atoms with Crippen molar-refractivity contribution in [2.24, 2.45) is 0 Å². The number of anilines is 1. The Morgan fingerprint density at radius 1 is 1.52 bits per heavy atom. The van der Waals surface area contributed by atoms with E-state index in [9.17, 15) is 9.59 Å². The normalized spacial score (nSPS) is 21.2. The van der Waals surface area contributed by atoms with E-state index in [-0.39, 0.29) is 16.6 Å². The molecule has 0 aliphatic carbocycles. The average molecular weight is 328 g/mol. The monoisotopic (exact) mass is 328 g/mol. The number of carbonyl (C=O) groups excluding carboxylic acids is 2. The van der Waals surface area contributed by atoms with Gasteiger partial charge in [-0.25, -0.2) is 4.98 Å². The van der Waals surface area contributed by atoms with E-state index in [4.69, 9.17) is 0 Å². The molecule has 1 N–H and O–H groups in total. The van der Waals surface area contributed by atoms with Crippen molar-refractivity contribution in [3.63, 3.8) is 0 Å². The minimum absolute atomic E-state index is 0.0421. The molecular weight excluding hydrogens is 308 g/mol. The largest absolute Gasteiger partial charge is 0.469 e. The Labute approximate surface area is 132 Å². The summed E-state index contributed by atoms with van der Waals surface area (Å²) in [6.07, 6.45) is 3.82. The van der Waals surface area contributed by atoms with Crippen LogP contribution in [-0.4, -0.2) is 34.5 Å². The number of ether oxygens (including phenoxy) is 1. The van der Waals surface area contributed by atoms with Crippen molar-refractivity contribution in [3.8, 4) is 0 Å². The number of hydrogen-bond acceptors (Lipinski definition) is 6. The summed E-state index contributed by atoms with van der Waals surface area (Å²) in [6, 6.07) is 0. The van der Waals surface area contributed by atoms with Crippen LogP contribution in [0.4, 0.5) is 5.13 Å². The standard InChI is InChI=1S/C14H20N2O3S2/c1-14(7-4-8-21-14)12(18)16-13-15-10(9-20-13)5-3-6-11(17)19-2/h9H,3-8H2,1-2H3,(H,15,16,18). The molecule has 1 unspecified atom stereocenters. The van der Waals surface area contributed by atoms with Crippen LogP contribution in [0.25, 0.3) is 0 Å². The molecule has 0 spiro atoms. The van der Waals surface area contributed by atoms with E-state index in [2.05, 4.69) is 15.0 Å². The highest BCUT2D eigenvalue weighted by Gasteiger charge is 2.37. The first-order valence-electron chi connectivity index (χ1n) is 7.00. The highest BCUT2D eigenvalue weighted by atomic mass is 32.2. The lowest BCUT2D eigenvalue weighted by Gasteiger charge is -2.20. The molecule has 1 aromatic rings. The quantitative estimate of drug-likeness (QED) is 0.813. The van der Waals surface area contributed by atoms with E-state index >= 15 is 0 Å². The van der Waals surface area contributed by atoms with Crippen molar-refractivity contribution in [1.82, 2.24) is 4.98 Å². The number of methoxy groups -OCH3 is 1. The molecule has 1 saturated heterocycles. The van der Waals surface area contributed by atoms with Crippen LogP contribution in [0.15, 0.2) is 5.38 Å². The third-order valence-corrected chi connectivity index (χ3v) is 5.84. The van der Waals surface area contributed by atoms with Gasteiger partial charge in [-0.2, -0.15) is 0 Å². The topological polar surface area (TPSA) is 68.3 Å². The molecule has 1 aliphatic heterocycles. The average Bonchev–Trinajstić information content (AvgIpc) is 3.09. The minimum Gasteiger partial charge on any atom is -0.469 e. The van der Waals surface area contributed by atoms with Gasteiger partial charge in [-0.05, 0) is 38.4 Å². The molecule has 1 aromatic heterocycles. The predicted octanol–water partition coefficient (Wildman–Crippen LogP) is 2.86. The predicted molar refractivity (Wildman–Crippen MR) is 85.8 cm³/mol. The Morgan fingerprint density at radius 3 is 3.00 bits per heavy atom. The van der Waals surface area contributed by atoms with Crippen molar-refractivity contribution in [3.05, 3.63) is 11.1 Å². The molecule has 1 fully saturated rings. The number of aromatic nitrogens is 1. The number of hydrogen-bond donors (Lipinski definition) is 1. The summed E-state index contributed by atoms with van der Waals surface area (Å²) in [5.41, 5.74) is 0.906. The zero-order valence-electron chi connectivity index (χ0n) is 12.3. The van der Waals surface area contributed by atoms with Gasteiger partial charge in [-0.15, -0.1) is 23.1 Å². The van der Waals surface area contributed by atoms with Crippen molar-refractivity contribution in [2.45, 2.75) is 43.8 Å². The second-order valence-corrected chi connectivity index (χ2v) is 7.67. The highest BCUT2D eigenvalue weighted by Crippen LogP contribution is 2.38. The SMILES string of the molecule is COC(=O)CCCc1csc(NC(=O)C2(C)CCCS2)n1. The first-order chi connectivity index (χ1) is 10.0. The van der Waals surface area contributed by atoms with Gasteiger partial charge < -0.3 is 10.1 Å². The van der Waals surface area contributed by atoms with Gasteiger partial charge in [0.2, 0.25) is 5.91 Å². The molecule has 2 rings (SSSR count). The first-order valence-corrected chi connectivity index (χ1v) is 8.87. The van der Waals surface area contributed by atoms with Crippen LogP contribution in [-0.2, 0) is 20.7 Å². The Balaban J connectivity index is 1.82. The van der Waals surface area contributed by atoms with Gasteiger partial charge in [0.15, 0.2) is 5.13 Å². The summed E-state index contributed by atoms with van der Waals surface area (Å²) in [5, 5.41) is 5.48. The third kappa shape index (κ3) is 4.44. The third-order valence-electron chi connectivity index (χ3n) is 3.51. The Hall–Kier alpha value is -1.08. The zero-order chi connectivity index (χ0) is 15.3. The van der Waals surface area contributed by atoms with Crippen molar-refractivity contribution < 1.29 is 14.3 Å². The van der Waals surface area contributed by atoms with Gasteiger partial charge in [0, 0.05) is 11.8 Å². The minimum atomic E-state index is -0.323. The highest BCUT2D eigenvalue weighted by molar-refractivity contribution is 8.01. The summed E-state index contributed by atoms with van der Waals surface area (Å²) in [7, 11) is 1.39. The molecule has 21 heavy (non-hydrogen) atoms. The molecule has 0 radical (unpaired) electrons. The molecule has 7 heteroatoms. The number of rotatable bonds is 6. The number of amides is 1. The van der Waals surface area contributed by atoms with Crippen LogP contribution < -0.4 is 5.32 Å². The van der Waals surface area contributed by atoms with Crippen LogP contribution in [0, 0.1) is 0 Å². The van der Waals surface area contributed by atoms with E-state index in [0.717, 1.165) is 24.3 Å².